The van der Waals surface area contributed by atoms with Crippen molar-refractivity contribution in [1.82, 2.24) is 4.90 Å². The van der Waals surface area contributed by atoms with Crippen LogP contribution in [0.1, 0.15) is 18.1 Å². The lowest BCUT2D eigenvalue weighted by molar-refractivity contribution is 0.145. The molecule has 0 aromatic heterocycles. The van der Waals surface area contributed by atoms with Crippen LogP contribution in [0.25, 0.3) is 0 Å². The second-order valence-corrected chi connectivity index (χ2v) is 3.50. The Kier molecular flexibility index (Phi) is 2.49. The number of hydrogen-bond acceptors (Lipinski definition) is 2. The Morgan fingerprint density at radius 3 is 2.87 bits per heavy atom. The number of amides is 1. The number of nitrogens with zero attached hydrogens (tertiary/aromatic N) is 1. The van der Waals surface area contributed by atoms with Crippen molar-refractivity contribution >= 4 is 6.09 Å². The van der Waals surface area contributed by atoms with Gasteiger partial charge in [0.2, 0.25) is 0 Å². The summed E-state index contributed by atoms with van der Waals surface area (Å²) < 4.78 is 5.36. The van der Waals surface area contributed by atoms with Crippen molar-refractivity contribution < 1.29 is 14.6 Å². The Morgan fingerprint density at radius 2 is 2.20 bits per heavy atom. The first-order valence-electron chi connectivity index (χ1n) is 4.93. The van der Waals surface area contributed by atoms with Gasteiger partial charge in [0.15, 0.2) is 0 Å². The van der Waals surface area contributed by atoms with Gasteiger partial charge < -0.3 is 9.84 Å². The molecule has 2 rings (SSSR count). The fourth-order valence-corrected chi connectivity index (χ4v) is 1.76. The number of ether oxygens (including phenoxy) is 1. The van der Waals surface area contributed by atoms with Gasteiger partial charge in [-0.2, -0.15) is 0 Å². The van der Waals surface area contributed by atoms with Crippen molar-refractivity contribution in [3.63, 3.8) is 0 Å². The molecule has 1 aliphatic heterocycles. The number of fused-ring (bicyclic) bond motifs is 1. The highest BCUT2D eigenvalue weighted by Crippen LogP contribution is 2.26. The first-order valence-corrected chi connectivity index (χ1v) is 4.93. The number of rotatable bonds is 2. The molecule has 1 aromatic rings. The third-order valence-corrected chi connectivity index (χ3v) is 2.48. The summed E-state index contributed by atoms with van der Waals surface area (Å²) in [7, 11) is 0. The third-order valence-electron chi connectivity index (χ3n) is 2.48. The average molecular weight is 207 g/mol. The molecule has 0 aliphatic carbocycles. The third kappa shape index (κ3) is 1.88. The molecule has 1 aromatic carbocycles. The molecule has 0 unspecified atom stereocenters. The van der Waals surface area contributed by atoms with Gasteiger partial charge in [-0.1, -0.05) is 6.07 Å². The van der Waals surface area contributed by atoms with E-state index in [1.54, 1.807) is 0 Å². The normalized spacial score (nSPS) is 13.8. The standard InChI is InChI=1S/C11H13NO3/c1-2-15-10-4-3-8-6-12(11(13)14)7-9(8)5-10/h3-5H,2,6-7H2,1H3,(H,13,14). The van der Waals surface area contributed by atoms with Crippen LogP contribution >= 0.6 is 0 Å². The Labute approximate surface area is 88.1 Å². The van der Waals surface area contributed by atoms with Gasteiger partial charge in [-0.25, -0.2) is 4.79 Å². The zero-order valence-corrected chi connectivity index (χ0v) is 8.56. The molecule has 0 fully saturated rings. The van der Waals surface area contributed by atoms with Gasteiger partial charge in [-0.3, -0.25) is 4.90 Å². The van der Waals surface area contributed by atoms with E-state index in [0.717, 1.165) is 16.9 Å². The molecule has 1 aliphatic rings. The zero-order valence-electron chi connectivity index (χ0n) is 8.56. The molecule has 0 atom stereocenters. The van der Waals surface area contributed by atoms with Crippen molar-refractivity contribution in [3.05, 3.63) is 29.3 Å². The highest BCUT2D eigenvalue weighted by atomic mass is 16.5. The lowest BCUT2D eigenvalue weighted by Gasteiger charge is -2.08. The minimum Gasteiger partial charge on any atom is -0.494 e. The van der Waals surface area contributed by atoms with Crippen LogP contribution in [0.5, 0.6) is 5.75 Å². The van der Waals surface area contributed by atoms with Crippen LogP contribution in [0.4, 0.5) is 4.79 Å². The van der Waals surface area contributed by atoms with Crippen molar-refractivity contribution in [2.75, 3.05) is 6.61 Å². The second kappa shape index (κ2) is 3.81. The highest BCUT2D eigenvalue weighted by molar-refractivity contribution is 5.66. The predicted molar refractivity (Wildman–Crippen MR) is 54.9 cm³/mol. The number of benzene rings is 1. The van der Waals surface area contributed by atoms with Gasteiger partial charge in [0.05, 0.1) is 6.61 Å². The van der Waals surface area contributed by atoms with Crippen molar-refractivity contribution in [2.45, 2.75) is 20.0 Å². The van der Waals surface area contributed by atoms with E-state index in [-0.39, 0.29) is 0 Å². The van der Waals surface area contributed by atoms with Crippen LogP contribution in [0.15, 0.2) is 18.2 Å². The quantitative estimate of drug-likeness (QED) is 0.807. The maximum atomic E-state index is 10.8. The summed E-state index contributed by atoms with van der Waals surface area (Å²) in [5, 5.41) is 8.85. The zero-order chi connectivity index (χ0) is 10.8. The van der Waals surface area contributed by atoms with E-state index in [9.17, 15) is 4.79 Å². The average Bonchev–Trinajstić information content (AvgIpc) is 2.61. The second-order valence-electron chi connectivity index (χ2n) is 3.50. The van der Waals surface area contributed by atoms with Gasteiger partial charge in [-0.05, 0) is 30.2 Å². The number of carboxylic acid groups (broad SMARTS) is 1. The molecule has 0 saturated carbocycles. The van der Waals surface area contributed by atoms with Crippen molar-refractivity contribution in [1.29, 1.82) is 0 Å². The monoisotopic (exact) mass is 207 g/mol. The Balaban J connectivity index is 2.20. The summed E-state index contributed by atoms with van der Waals surface area (Å²) >= 11 is 0. The molecule has 1 amide bonds. The van der Waals surface area contributed by atoms with Crippen LogP contribution in [-0.2, 0) is 13.1 Å². The summed E-state index contributed by atoms with van der Waals surface area (Å²) in [6.07, 6.45) is -0.871. The Hall–Kier alpha value is -1.71. The molecule has 80 valence electrons. The summed E-state index contributed by atoms with van der Waals surface area (Å²) in [6.45, 7) is 3.50. The van der Waals surface area contributed by atoms with E-state index < -0.39 is 6.09 Å². The fraction of sp³-hybridized carbons (Fsp3) is 0.364. The lowest BCUT2D eigenvalue weighted by Crippen LogP contribution is -2.22. The highest BCUT2D eigenvalue weighted by Gasteiger charge is 2.22. The molecule has 0 bridgehead atoms. The van der Waals surface area contributed by atoms with E-state index in [4.69, 9.17) is 9.84 Å². The maximum absolute atomic E-state index is 10.8. The van der Waals surface area contributed by atoms with Crippen LogP contribution in [0.3, 0.4) is 0 Å². The van der Waals surface area contributed by atoms with Gasteiger partial charge in [0, 0.05) is 13.1 Å². The van der Waals surface area contributed by atoms with Crippen LogP contribution in [-0.4, -0.2) is 22.7 Å². The molecule has 0 radical (unpaired) electrons. The molecule has 0 saturated heterocycles. The summed E-state index contributed by atoms with van der Waals surface area (Å²) in [5.74, 6) is 0.809. The molecule has 4 heteroatoms. The van der Waals surface area contributed by atoms with E-state index in [1.165, 1.54) is 4.90 Å². The maximum Gasteiger partial charge on any atom is 0.407 e. The Morgan fingerprint density at radius 1 is 1.47 bits per heavy atom. The van der Waals surface area contributed by atoms with E-state index in [2.05, 4.69) is 0 Å². The van der Waals surface area contributed by atoms with Crippen molar-refractivity contribution in [2.24, 2.45) is 0 Å². The number of hydrogen-bond donors (Lipinski definition) is 1. The topological polar surface area (TPSA) is 49.8 Å². The van der Waals surface area contributed by atoms with Gasteiger partial charge >= 0.3 is 6.09 Å². The van der Waals surface area contributed by atoms with Crippen LogP contribution < -0.4 is 4.74 Å². The summed E-state index contributed by atoms with van der Waals surface area (Å²) in [5.41, 5.74) is 2.12. The minimum atomic E-state index is -0.871. The SMILES string of the molecule is CCOc1ccc2c(c1)CN(C(=O)O)C2. The molecule has 0 spiro atoms. The first kappa shape index (κ1) is 9.83. The summed E-state index contributed by atoms with van der Waals surface area (Å²) in [6, 6.07) is 5.73. The molecule has 1 N–H and O–H groups in total. The van der Waals surface area contributed by atoms with E-state index in [1.807, 2.05) is 25.1 Å². The largest absolute Gasteiger partial charge is 0.494 e. The van der Waals surface area contributed by atoms with E-state index in [0.29, 0.717) is 19.7 Å². The Bertz CT molecular complexity index is 389. The molecular formula is C11H13NO3. The predicted octanol–water partition coefficient (Wildman–Crippen LogP) is 2.08. The summed E-state index contributed by atoms with van der Waals surface area (Å²) in [4.78, 5) is 12.2. The fourth-order valence-electron chi connectivity index (χ4n) is 1.76. The lowest BCUT2D eigenvalue weighted by atomic mass is 10.1. The minimum absolute atomic E-state index is 0.464. The molecule has 1 heterocycles. The molecule has 4 nitrogen and oxygen atoms in total. The molecular weight excluding hydrogens is 194 g/mol. The van der Waals surface area contributed by atoms with Gasteiger partial charge in [0.1, 0.15) is 5.75 Å². The first-order chi connectivity index (χ1) is 7.20. The smallest absolute Gasteiger partial charge is 0.407 e. The van der Waals surface area contributed by atoms with Gasteiger partial charge in [-0.15, -0.1) is 0 Å². The molecule has 15 heavy (non-hydrogen) atoms. The van der Waals surface area contributed by atoms with Gasteiger partial charge in [0.25, 0.3) is 0 Å². The van der Waals surface area contributed by atoms with Crippen LogP contribution in [0.2, 0.25) is 0 Å². The van der Waals surface area contributed by atoms with Crippen LogP contribution in [0, 0.1) is 0 Å². The van der Waals surface area contributed by atoms with E-state index >= 15 is 0 Å². The van der Waals surface area contributed by atoms with Crippen molar-refractivity contribution in [3.8, 4) is 5.75 Å². The number of carbonyl (C=O) groups is 1.